The molecule has 0 aromatic carbocycles. The van der Waals surface area contributed by atoms with E-state index < -0.39 is 22.2 Å². The number of hydrogen-bond acceptors (Lipinski definition) is 6. The third-order valence-electron chi connectivity index (χ3n) is 4.94. The van der Waals surface area contributed by atoms with E-state index in [9.17, 15) is 21.6 Å². The van der Waals surface area contributed by atoms with Gasteiger partial charge in [-0.3, -0.25) is 0 Å². The number of rotatable bonds is 6. The summed E-state index contributed by atoms with van der Waals surface area (Å²) >= 11 is 0. The van der Waals surface area contributed by atoms with Crippen LogP contribution < -0.4 is 4.74 Å². The van der Waals surface area contributed by atoms with Gasteiger partial charge in [-0.25, -0.2) is 18.2 Å². The minimum Gasteiger partial charge on any atom is -0.478 e. The number of hydrogen-bond donors (Lipinski definition) is 1. The van der Waals surface area contributed by atoms with Crippen LogP contribution in [0.2, 0.25) is 0 Å². The summed E-state index contributed by atoms with van der Waals surface area (Å²) in [5.74, 6) is -1.44. The molecule has 8 nitrogen and oxygen atoms in total. The van der Waals surface area contributed by atoms with Crippen molar-refractivity contribution in [1.29, 1.82) is 0 Å². The summed E-state index contributed by atoms with van der Waals surface area (Å²) in [7, 11) is -3.09. The molecular formula is C18H25F3N2O6S. The Morgan fingerprint density at radius 1 is 1.40 bits per heavy atom. The summed E-state index contributed by atoms with van der Waals surface area (Å²) in [5, 5.41) is 7.12. The van der Waals surface area contributed by atoms with E-state index in [1.54, 1.807) is 17.4 Å². The molecule has 1 N–H and O–H groups in total. The maximum absolute atomic E-state index is 11.9. The average Bonchev–Trinajstić information content (AvgIpc) is 2.67. The second-order valence-electron chi connectivity index (χ2n) is 7.17. The first-order valence-electron chi connectivity index (χ1n) is 9.43. The van der Waals surface area contributed by atoms with Gasteiger partial charge in [-0.05, 0) is 38.2 Å². The lowest BCUT2D eigenvalue weighted by Gasteiger charge is -2.52. The van der Waals surface area contributed by atoms with Crippen LogP contribution >= 0.6 is 0 Å². The number of carboxylic acids is 1. The fourth-order valence-electron chi connectivity index (χ4n) is 3.33. The lowest BCUT2D eigenvalue weighted by molar-refractivity contribution is -0.192. The summed E-state index contributed by atoms with van der Waals surface area (Å²) in [6, 6.07) is 5.62. The fraction of sp³-hybridized carbons (Fsp3) is 0.667. The van der Waals surface area contributed by atoms with Gasteiger partial charge < -0.3 is 14.6 Å². The van der Waals surface area contributed by atoms with Gasteiger partial charge in [-0.1, -0.05) is 6.07 Å². The highest BCUT2D eigenvalue weighted by Crippen LogP contribution is 2.39. The van der Waals surface area contributed by atoms with E-state index >= 15 is 0 Å². The van der Waals surface area contributed by atoms with Crippen molar-refractivity contribution in [3.63, 3.8) is 0 Å². The van der Waals surface area contributed by atoms with E-state index in [-0.39, 0.29) is 11.4 Å². The molecule has 2 saturated heterocycles. The first-order valence-corrected chi connectivity index (χ1v) is 11.0. The molecule has 3 heterocycles. The van der Waals surface area contributed by atoms with E-state index in [2.05, 4.69) is 4.98 Å². The first-order chi connectivity index (χ1) is 14.0. The Hall–Kier alpha value is -1.92. The lowest BCUT2D eigenvalue weighted by atomic mass is 9.80. The number of nitrogens with zero attached hydrogens (tertiary/aromatic N) is 2. The molecule has 1 atom stereocenters. The van der Waals surface area contributed by atoms with Gasteiger partial charge in [0.1, 0.15) is 0 Å². The highest BCUT2D eigenvalue weighted by atomic mass is 32.2. The predicted molar refractivity (Wildman–Crippen MR) is 100 cm³/mol. The second kappa shape index (κ2) is 9.92. The fourth-order valence-corrected chi connectivity index (χ4v) is 4.56. The van der Waals surface area contributed by atoms with Gasteiger partial charge in [0.2, 0.25) is 15.9 Å². The molecule has 0 aliphatic carbocycles. The minimum atomic E-state index is -5.08. The van der Waals surface area contributed by atoms with Gasteiger partial charge in [-0.15, -0.1) is 0 Å². The van der Waals surface area contributed by atoms with Crippen molar-refractivity contribution in [2.45, 2.75) is 38.0 Å². The summed E-state index contributed by atoms with van der Waals surface area (Å²) in [5.41, 5.74) is -0.268. The second-order valence-corrected chi connectivity index (χ2v) is 9.42. The van der Waals surface area contributed by atoms with Crippen molar-refractivity contribution in [2.75, 3.05) is 32.1 Å². The van der Waals surface area contributed by atoms with Crippen LogP contribution in [0.1, 0.15) is 26.2 Å². The van der Waals surface area contributed by atoms with Crippen molar-refractivity contribution in [3.05, 3.63) is 24.4 Å². The molecule has 0 saturated carbocycles. The Morgan fingerprint density at radius 3 is 2.60 bits per heavy atom. The molecule has 2 fully saturated rings. The number of sulfonamides is 1. The topological polar surface area (TPSA) is 106 Å². The Balaban J connectivity index is 0.000000396. The van der Waals surface area contributed by atoms with Crippen molar-refractivity contribution in [1.82, 2.24) is 9.29 Å². The Bertz CT molecular complexity index is 798. The quantitative estimate of drug-likeness (QED) is 0.703. The molecule has 30 heavy (non-hydrogen) atoms. The van der Waals surface area contributed by atoms with Crippen molar-refractivity contribution < 1.29 is 41.0 Å². The maximum Gasteiger partial charge on any atom is 0.490 e. The standard InChI is InChI=1S/C16H24N2O4S.C2HF3O2/c1-2-23(19,20)18-12-16(13-18)11-14(7-10-22-16)6-9-21-15-5-3-4-8-17-15;3-2(4,5)1(6)7/h3-5,8,14H,2,6-7,9-13H2,1H3;(H,6,7). The number of carboxylic acid groups (broad SMARTS) is 1. The predicted octanol–water partition coefficient (Wildman–Crippen LogP) is 2.31. The van der Waals surface area contributed by atoms with Crippen LogP contribution in [0.3, 0.4) is 0 Å². The summed E-state index contributed by atoms with van der Waals surface area (Å²) in [4.78, 5) is 13.0. The number of ether oxygens (including phenoxy) is 2. The van der Waals surface area contributed by atoms with Gasteiger partial charge in [0.05, 0.1) is 18.0 Å². The molecule has 0 radical (unpaired) electrons. The summed E-state index contributed by atoms with van der Waals surface area (Å²) < 4.78 is 68.6. The lowest BCUT2D eigenvalue weighted by Crippen LogP contribution is -2.66. The molecule has 2 aliphatic heterocycles. The third-order valence-corrected chi connectivity index (χ3v) is 6.71. The van der Waals surface area contributed by atoms with Gasteiger partial charge in [-0.2, -0.15) is 17.5 Å². The monoisotopic (exact) mass is 454 g/mol. The first kappa shape index (κ1) is 24.4. The number of carbonyl (C=O) groups is 1. The number of aliphatic carboxylic acids is 1. The number of pyridine rings is 1. The number of halogens is 3. The highest BCUT2D eigenvalue weighted by Gasteiger charge is 2.51. The molecule has 0 amide bonds. The van der Waals surface area contributed by atoms with Gasteiger partial charge in [0, 0.05) is 32.0 Å². The van der Waals surface area contributed by atoms with E-state index in [0.717, 1.165) is 19.3 Å². The van der Waals surface area contributed by atoms with E-state index in [1.165, 1.54) is 0 Å². The Labute approximate surface area is 173 Å². The van der Waals surface area contributed by atoms with Crippen LogP contribution in [0.5, 0.6) is 5.88 Å². The SMILES string of the molecule is CCS(=O)(=O)N1CC2(CC(CCOc3ccccn3)CCO2)C1.O=C(O)C(F)(F)F. The van der Waals surface area contributed by atoms with Crippen LogP contribution in [0.4, 0.5) is 13.2 Å². The molecule has 3 rings (SSSR count). The normalized spacial score (nSPS) is 21.3. The molecule has 2 aliphatic rings. The van der Waals surface area contributed by atoms with Crippen LogP contribution in [-0.4, -0.2) is 72.6 Å². The molecule has 1 aromatic rings. The molecule has 12 heteroatoms. The average molecular weight is 454 g/mol. The van der Waals surface area contributed by atoms with Crippen molar-refractivity contribution >= 4 is 16.0 Å². The minimum absolute atomic E-state index is 0.157. The van der Waals surface area contributed by atoms with E-state index in [0.29, 0.717) is 38.1 Å². The van der Waals surface area contributed by atoms with Crippen molar-refractivity contribution in [2.24, 2.45) is 5.92 Å². The summed E-state index contributed by atoms with van der Waals surface area (Å²) in [6.45, 7) is 4.02. The molecule has 170 valence electrons. The zero-order valence-corrected chi connectivity index (χ0v) is 17.3. The molecular weight excluding hydrogens is 429 g/mol. The zero-order valence-electron chi connectivity index (χ0n) is 16.5. The Morgan fingerprint density at radius 2 is 2.07 bits per heavy atom. The van der Waals surface area contributed by atoms with Gasteiger partial charge >= 0.3 is 12.1 Å². The Kier molecular flexibility index (Phi) is 8.06. The molecule has 1 aromatic heterocycles. The van der Waals surface area contributed by atoms with Crippen molar-refractivity contribution in [3.8, 4) is 5.88 Å². The molecule has 1 spiro atoms. The molecule has 1 unspecified atom stereocenters. The third kappa shape index (κ3) is 6.81. The van der Waals surface area contributed by atoms with Crippen LogP contribution in [0, 0.1) is 5.92 Å². The van der Waals surface area contributed by atoms with Gasteiger partial charge in [0.15, 0.2) is 0 Å². The van der Waals surface area contributed by atoms with E-state index in [4.69, 9.17) is 19.4 Å². The largest absolute Gasteiger partial charge is 0.490 e. The van der Waals surface area contributed by atoms with Crippen LogP contribution in [-0.2, 0) is 19.6 Å². The molecule has 0 bridgehead atoms. The smallest absolute Gasteiger partial charge is 0.478 e. The number of aromatic nitrogens is 1. The number of alkyl halides is 3. The van der Waals surface area contributed by atoms with E-state index in [1.807, 2.05) is 18.2 Å². The van der Waals surface area contributed by atoms with Crippen LogP contribution in [0.25, 0.3) is 0 Å². The zero-order chi connectivity index (χ0) is 22.4. The van der Waals surface area contributed by atoms with Gasteiger partial charge in [0.25, 0.3) is 0 Å². The van der Waals surface area contributed by atoms with Crippen LogP contribution in [0.15, 0.2) is 24.4 Å². The maximum atomic E-state index is 11.9. The highest BCUT2D eigenvalue weighted by molar-refractivity contribution is 7.89. The summed E-state index contributed by atoms with van der Waals surface area (Å²) in [6.07, 6.45) is -0.500.